The summed E-state index contributed by atoms with van der Waals surface area (Å²) in [4.78, 5) is 28.8. The Morgan fingerprint density at radius 2 is 2.18 bits per heavy atom. The summed E-state index contributed by atoms with van der Waals surface area (Å²) in [6.45, 7) is 8.95. The number of carbonyl (C=O) groups excluding carboxylic acids is 1. The highest BCUT2D eigenvalue weighted by Crippen LogP contribution is 2.25. The van der Waals surface area contributed by atoms with E-state index in [1.807, 2.05) is 33.8 Å². The molecule has 3 rings (SSSR count). The molecule has 1 aliphatic heterocycles. The van der Waals surface area contributed by atoms with E-state index in [2.05, 4.69) is 20.3 Å². The van der Waals surface area contributed by atoms with E-state index in [4.69, 9.17) is 4.74 Å². The van der Waals surface area contributed by atoms with Crippen LogP contribution in [0.15, 0.2) is 18.3 Å². The molecule has 2 unspecified atom stereocenters. The first-order valence-corrected chi connectivity index (χ1v) is 9.38. The highest BCUT2D eigenvalue weighted by atomic mass is 16.6. The number of piperidine rings is 1. The number of anilines is 1. The lowest BCUT2D eigenvalue weighted by molar-refractivity contribution is -0.391. The number of fused-ring (bicyclic) bond motifs is 1. The summed E-state index contributed by atoms with van der Waals surface area (Å²) >= 11 is 0. The number of aromatic nitrogens is 3. The quantitative estimate of drug-likeness (QED) is 0.630. The van der Waals surface area contributed by atoms with Crippen LogP contribution in [0, 0.1) is 16.0 Å². The molecule has 10 nitrogen and oxygen atoms in total. The van der Waals surface area contributed by atoms with Crippen LogP contribution in [-0.4, -0.2) is 50.3 Å². The van der Waals surface area contributed by atoms with Crippen molar-refractivity contribution in [1.82, 2.24) is 19.9 Å². The Balaban J connectivity index is 1.71. The van der Waals surface area contributed by atoms with Gasteiger partial charge in [0.15, 0.2) is 5.82 Å². The first-order chi connectivity index (χ1) is 13.1. The highest BCUT2D eigenvalue weighted by Gasteiger charge is 2.29. The minimum Gasteiger partial charge on any atom is -0.444 e. The number of amides is 1. The Morgan fingerprint density at radius 3 is 2.86 bits per heavy atom. The third kappa shape index (κ3) is 4.49. The molecule has 152 valence electrons. The number of nitrogens with one attached hydrogen (secondary N) is 1. The first-order valence-electron chi connectivity index (χ1n) is 9.38. The summed E-state index contributed by atoms with van der Waals surface area (Å²) in [6, 6.07) is 3.48. The average molecular weight is 390 g/mol. The molecule has 0 spiro atoms. The average Bonchev–Trinajstić information content (AvgIpc) is 3.03. The van der Waals surface area contributed by atoms with Gasteiger partial charge in [0.25, 0.3) is 0 Å². The van der Waals surface area contributed by atoms with Crippen molar-refractivity contribution < 1.29 is 14.5 Å². The summed E-state index contributed by atoms with van der Waals surface area (Å²) in [5, 5.41) is 18.5. The van der Waals surface area contributed by atoms with Gasteiger partial charge in [-0.15, -0.1) is 0 Å². The number of rotatable bonds is 4. The van der Waals surface area contributed by atoms with Crippen LogP contribution >= 0.6 is 0 Å². The van der Waals surface area contributed by atoms with Gasteiger partial charge in [-0.3, -0.25) is 0 Å². The van der Waals surface area contributed by atoms with Gasteiger partial charge >= 0.3 is 11.9 Å². The number of imidazole rings is 1. The molecule has 1 saturated heterocycles. The topological polar surface area (TPSA) is 115 Å². The minimum absolute atomic E-state index is 0.0658. The monoisotopic (exact) mass is 390 g/mol. The van der Waals surface area contributed by atoms with Crippen LogP contribution in [0.1, 0.15) is 40.5 Å². The fourth-order valence-electron chi connectivity index (χ4n) is 3.38. The number of ether oxygens (including phenoxy) is 1. The van der Waals surface area contributed by atoms with Crippen LogP contribution in [0.3, 0.4) is 0 Å². The van der Waals surface area contributed by atoms with Crippen molar-refractivity contribution in [3.8, 4) is 0 Å². The fourth-order valence-corrected chi connectivity index (χ4v) is 3.38. The third-order valence-electron chi connectivity index (χ3n) is 4.75. The molecule has 2 aromatic heterocycles. The SMILES string of the molecule is CC(NC(=O)OC(C)(C)C)C1CCCN(c2ccc3ncc([N+](=O)[O-])n3n2)C1. The predicted octanol–water partition coefficient (Wildman–Crippen LogP) is 2.77. The molecule has 28 heavy (non-hydrogen) atoms. The molecule has 1 fully saturated rings. The number of nitro groups is 1. The molecule has 1 N–H and O–H groups in total. The van der Waals surface area contributed by atoms with Crippen molar-refractivity contribution >= 4 is 23.4 Å². The Bertz CT molecular complexity index is 875. The van der Waals surface area contributed by atoms with E-state index in [0.29, 0.717) is 18.0 Å². The molecule has 1 amide bonds. The van der Waals surface area contributed by atoms with Gasteiger partial charge in [-0.1, -0.05) is 9.61 Å². The van der Waals surface area contributed by atoms with Crippen LogP contribution in [0.5, 0.6) is 0 Å². The van der Waals surface area contributed by atoms with Crippen molar-refractivity contribution in [3.05, 3.63) is 28.4 Å². The molecule has 2 aromatic rings. The number of hydrogen-bond acceptors (Lipinski definition) is 7. The zero-order chi connectivity index (χ0) is 20.5. The molecule has 2 atom stereocenters. The van der Waals surface area contributed by atoms with E-state index < -0.39 is 16.6 Å². The molecular formula is C18H26N6O4. The first kappa shape index (κ1) is 19.8. The normalized spacial score (nSPS) is 18.7. The second kappa shape index (κ2) is 7.61. The number of carbonyl (C=O) groups is 1. The van der Waals surface area contributed by atoms with E-state index in [0.717, 1.165) is 19.4 Å². The number of alkyl carbamates (subject to hydrolysis) is 1. The second-order valence-corrected chi connectivity index (χ2v) is 8.12. The lowest BCUT2D eigenvalue weighted by Crippen LogP contribution is -2.47. The van der Waals surface area contributed by atoms with Crippen molar-refractivity contribution in [2.75, 3.05) is 18.0 Å². The van der Waals surface area contributed by atoms with Crippen molar-refractivity contribution in [2.45, 2.75) is 52.2 Å². The predicted molar refractivity (Wildman–Crippen MR) is 103 cm³/mol. The number of nitrogens with zero attached hydrogens (tertiary/aromatic N) is 5. The van der Waals surface area contributed by atoms with Crippen LogP contribution in [0.2, 0.25) is 0 Å². The fraction of sp³-hybridized carbons (Fsp3) is 0.611. The van der Waals surface area contributed by atoms with Gasteiger partial charge in [0.1, 0.15) is 11.8 Å². The van der Waals surface area contributed by atoms with Gasteiger partial charge in [0.05, 0.1) is 0 Å². The smallest absolute Gasteiger partial charge is 0.407 e. The number of hydrogen-bond donors (Lipinski definition) is 1. The van der Waals surface area contributed by atoms with Gasteiger partial charge in [0, 0.05) is 25.2 Å². The standard InChI is InChI=1S/C18H26N6O4/c1-12(20-17(25)28-18(2,3)4)13-6-5-9-22(11-13)15-8-7-14-19-10-16(24(26)27)23(14)21-15/h7-8,10,12-13H,5-6,9,11H2,1-4H3,(H,20,25). The van der Waals surface area contributed by atoms with E-state index in [9.17, 15) is 14.9 Å². The van der Waals surface area contributed by atoms with Crippen LogP contribution in [0.25, 0.3) is 5.65 Å². The van der Waals surface area contributed by atoms with E-state index in [-0.39, 0.29) is 17.8 Å². The molecule has 0 aliphatic carbocycles. The molecule has 0 aromatic carbocycles. The van der Waals surface area contributed by atoms with Gasteiger partial charge in [-0.05, 0) is 57.4 Å². The third-order valence-corrected chi connectivity index (χ3v) is 4.75. The molecule has 0 radical (unpaired) electrons. The maximum absolute atomic E-state index is 12.0. The Kier molecular flexibility index (Phi) is 5.39. The Labute approximate surface area is 163 Å². The Hall–Kier alpha value is -2.91. The Morgan fingerprint density at radius 1 is 1.43 bits per heavy atom. The molecule has 3 heterocycles. The maximum atomic E-state index is 12.0. The van der Waals surface area contributed by atoms with Crippen LogP contribution < -0.4 is 10.2 Å². The van der Waals surface area contributed by atoms with Gasteiger partial charge in [0.2, 0.25) is 5.65 Å². The summed E-state index contributed by atoms with van der Waals surface area (Å²) in [5.41, 5.74) is -0.106. The van der Waals surface area contributed by atoms with E-state index >= 15 is 0 Å². The maximum Gasteiger partial charge on any atom is 0.407 e. The van der Waals surface area contributed by atoms with Crippen molar-refractivity contribution in [2.24, 2.45) is 5.92 Å². The summed E-state index contributed by atoms with van der Waals surface area (Å²) < 4.78 is 6.59. The molecule has 0 saturated carbocycles. The van der Waals surface area contributed by atoms with Crippen molar-refractivity contribution in [3.63, 3.8) is 0 Å². The van der Waals surface area contributed by atoms with Crippen molar-refractivity contribution in [1.29, 1.82) is 0 Å². The summed E-state index contributed by atoms with van der Waals surface area (Å²) in [7, 11) is 0. The van der Waals surface area contributed by atoms with Crippen LogP contribution in [-0.2, 0) is 4.74 Å². The van der Waals surface area contributed by atoms with Gasteiger partial charge in [-0.2, -0.15) is 0 Å². The summed E-state index contributed by atoms with van der Waals surface area (Å²) in [5.74, 6) is 0.713. The molecule has 0 bridgehead atoms. The second-order valence-electron chi connectivity index (χ2n) is 8.12. The molecule has 10 heteroatoms. The van der Waals surface area contributed by atoms with E-state index in [1.54, 1.807) is 6.07 Å². The molecule has 1 aliphatic rings. The van der Waals surface area contributed by atoms with Crippen LogP contribution in [0.4, 0.5) is 16.4 Å². The lowest BCUT2D eigenvalue weighted by Gasteiger charge is -2.36. The zero-order valence-electron chi connectivity index (χ0n) is 16.6. The minimum atomic E-state index is -0.540. The lowest BCUT2D eigenvalue weighted by atomic mass is 9.91. The van der Waals surface area contributed by atoms with E-state index in [1.165, 1.54) is 10.7 Å². The highest BCUT2D eigenvalue weighted by molar-refractivity contribution is 5.68. The molecular weight excluding hydrogens is 364 g/mol. The summed E-state index contributed by atoms with van der Waals surface area (Å²) in [6.07, 6.45) is 2.70. The van der Waals surface area contributed by atoms with Gasteiger partial charge < -0.3 is 25.1 Å². The zero-order valence-corrected chi connectivity index (χ0v) is 16.6. The van der Waals surface area contributed by atoms with Gasteiger partial charge in [-0.25, -0.2) is 9.78 Å². The largest absolute Gasteiger partial charge is 0.444 e.